The molecule has 2 N–H and O–H groups in total. The van der Waals surface area contributed by atoms with Gasteiger partial charge >= 0.3 is 0 Å². The van der Waals surface area contributed by atoms with Crippen LogP contribution in [0.5, 0.6) is 11.5 Å². The predicted octanol–water partition coefficient (Wildman–Crippen LogP) is 2.93. The highest BCUT2D eigenvalue weighted by Crippen LogP contribution is 2.36. The molecule has 1 aromatic carbocycles. The summed E-state index contributed by atoms with van der Waals surface area (Å²) in [6.45, 7) is 2.58. The zero-order valence-corrected chi connectivity index (χ0v) is 15.0. The van der Waals surface area contributed by atoms with Gasteiger partial charge in [0.25, 0.3) is 0 Å². The van der Waals surface area contributed by atoms with E-state index in [1.165, 1.54) is 0 Å². The van der Waals surface area contributed by atoms with Crippen molar-refractivity contribution >= 4 is 0 Å². The molecule has 0 aliphatic heterocycles. The Morgan fingerprint density at radius 1 is 1.21 bits per heavy atom. The summed E-state index contributed by atoms with van der Waals surface area (Å²) in [7, 11) is 5.54. The highest BCUT2D eigenvalue weighted by Gasteiger charge is 2.15. The molecular weight excluding hydrogens is 302 g/mol. The lowest BCUT2D eigenvalue weighted by Crippen LogP contribution is -2.41. The van der Waals surface area contributed by atoms with Gasteiger partial charge in [-0.1, -0.05) is 19.4 Å². The lowest BCUT2D eigenvalue weighted by Gasteiger charge is -2.22. The van der Waals surface area contributed by atoms with Gasteiger partial charge in [0, 0.05) is 17.8 Å². The van der Waals surface area contributed by atoms with E-state index >= 15 is 0 Å². The molecule has 0 bridgehead atoms. The Kier molecular flexibility index (Phi) is 6.58. The number of pyridine rings is 1. The Bertz CT molecular complexity index is 645. The highest BCUT2D eigenvalue weighted by atomic mass is 16.5. The molecule has 0 saturated carbocycles. The Balaban J connectivity index is 2.37. The molecule has 2 rings (SSSR count). The molecule has 0 fully saturated rings. The van der Waals surface area contributed by atoms with Crippen molar-refractivity contribution in [1.82, 2.24) is 9.88 Å². The van der Waals surface area contributed by atoms with E-state index in [0.717, 1.165) is 41.2 Å². The molecule has 130 valence electrons. The molecule has 0 spiro atoms. The number of benzene rings is 1. The molecule has 5 nitrogen and oxygen atoms in total. The minimum absolute atomic E-state index is 0.152. The number of methoxy groups -OCH3 is 1. The van der Waals surface area contributed by atoms with Crippen LogP contribution in [-0.2, 0) is 6.42 Å². The Morgan fingerprint density at radius 3 is 2.58 bits per heavy atom. The number of aryl methyl sites for hydroxylation is 1. The number of hydrogen-bond acceptors (Lipinski definition) is 5. The van der Waals surface area contributed by atoms with Gasteiger partial charge in [-0.15, -0.1) is 0 Å². The first-order valence-corrected chi connectivity index (χ1v) is 8.24. The van der Waals surface area contributed by atoms with Crippen LogP contribution in [0, 0.1) is 0 Å². The quantitative estimate of drug-likeness (QED) is 0.755. The van der Waals surface area contributed by atoms with Gasteiger partial charge in [0.05, 0.1) is 19.0 Å². The van der Waals surface area contributed by atoms with Gasteiger partial charge in [-0.25, -0.2) is 0 Å². The van der Waals surface area contributed by atoms with Gasteiger partial charge < -0.3 is 15.2 Å². The lowest BCUT2D eigenvalue weighted by molar-refractivity contribution is 0.188. The third-order valence-corrected chi connectivity index (χ3v) is 3.92. The average Bonchev–Trinajstić information content (AvgIpc) is 2.60. The monoisotopic (exact) mass is 329 g/mol. The van der Waals surface area contributed by atoms with Crippen LogP contribution in [0.25, 0.3) is 11.3 Å². The largest absolute Gasteiger partial charge is 0.496 e. The third kappa shape index (κ3) is 4.46. The fourth-order valence-corrected chi connectivity index (χ4v) is 2.42. The van der Waals surface area contributed by atoms with E-state index in [2.05, 4.69) is 18.0 Å². The molecule has 0 aliphatic rings. The summed E-state index contributed by atoms with van der Waals surface area (Å²) in [4.78, 5) is 6.37. The summed E-state index contributed by atoms with van der Waals surface area (Å²) in [6, 6.07) is 9.92. The number of ether oxygens (including phenoxy) is 2. The molecule has 0 aliphatic carbocycles. The van der Waals surface area contributed by atoms with Crippen LogP contribution in [0.2, 0.25) is 0 Å². The van der Waals surface area contributed by atoms with Crippen molar-refractivity contribution in [2.75, 3.05) is 27.8 Å². The number of hydrogen-bond donors (Lipinski definition) is 1. The van der Waals surface area contributed by atoms with Crippen molar-refractivity contribution in [2.24, 2.45) is 5.73 Å². The van der Waals surface area contributed by atoms with E-state index in [1.54, 1.807) is 13.3 Å². The number of nitrogens with zero attached hydrogens (tertiary/aromatic N) is 2. The predicted molar refractivity (Wildman–Crippen MR) is 97.4 cm³/mol. The van der Waals surface area contributed by atoms with Gasteiger partial charge in [-0.05, 0) is 44.3 Å². The maximum absolute atomic E-state index is 6.04. The fraction of sp³-hybridized carbons (Fsp3) is 0.421. The Hall–Kier alpha value is -2.11. The van der Waals surface area contributed by atoms with Crippen LogP contribution in [0.1, 0.15) is 18.9 Å². The zero-order valence-electron chi connectivity index (χ0n) is 15.0. The smallest absolute Gasteiger partial charge is 0.131 e. The van der Waals surface area contributed by atoms with Gasteiger partial charge in [0.1, 0.15) is 18.1 Å². The third-order valence-electron chi connectivity index (χ3n) is 3.92. The molecular formula is C19H27N3O2. The summed E-state index contributed by atoms with van der Waals surface area (Å²) in [5.41, 5.74) is 9.05. The minimum atomic E-state index is -0.152. The molecule has 0 saturated heterocycles. The summed E-state index contributed by atoms with van der Waals surface area (Å²) in [6.07, 6.45) is 3.59. The van der Waals surface area contributed by atoms with Crippen LogP contribution in [0.4, 0.5) is 0 Å². The normalized spacial score (nSPS) is 12.2. The number of likely N-dealkylation sites (N-methyl/N-ethyl adjacent to an activating group) is 1. The second-order valence-corrected chi connectivity index (χ2v) is 5.97. The maximum Gasteiger partial charge on any atom is 0.131 e. The van der Waals surface area contributed by atoms with Crippen LogP contribution < -0.4 is 15.2 Å². The topological polar surface area (TPSA) is 60.6 Å². The van der Waals surface area contributed by atoms with Gasteiger partial charge in [-0.2, -0.15) is 0 Å². The van der Waals surface area contributed by atoms with Crippen LogP contribution in [0.3, 0.4) is 0 Å². The molecule has 1 atom stereocenters. The van der Waals surface area contributed by atoms with Gasteiger partial charge in [0.2, 0.25) is 0 Å². The van der Waals surface area contributed by atoms with Crippen molar-refractivity contribution in [3.05, 3.63) is 42.1 Å². The summed E-state index contributed by atoms with van der Waals surface area (Å²) in [5, 5.41) is 0. The highest BCUT2D eigenvalue weighted by molar-refractivity contribution is 5.70. The molecule has 0 amide bonds. The van der Waals surface area contributed by atoms with E-state index in [1.807, 2.05) is 43.3 Å². The number of nitrogens with two attached hydrogens (primary N) is 1. The van der Waals surface area contributed by atoms with Gasteiger partial charge in [-0.3, -0.25) is 9.88 Å². The molecule has 1 aromatic heterocycles. The second kappa shape index (κ2) is 8.66. The molecule has 1 heterocycles. The first-order valence-electron chi connectivity index (χ1n) is 8.24. The minimum Gasteiger partial charge on any atom is -0.496 e. The first-order chi connectivity index (χ1) is 11.6. The standard InChI is InChI=1S/C19H27N3O2/c1-5-8-14-11-15(16-9-6-7-10-21-16)18(23-4)12-17(14)24-13-19(20)22(2)3/h6-7,9-12,19H,5,8,13,20H2,1-4H3. The Labute approximate surface area is 144 Å². The van der Waals surface area contributed by atoms with Crippen molar-refractivity contribution < 1.29 is 9.47 Å². The summed E-state index contributed by atoms with van der Waals surface area (Å²) >= 11 is 0. The SMILES string of the molecule is CCCc1cc(-c2ccccn2)c(OC)cc1OCC(N)N(C)C. The molecule has 24 heavy (non-hydrogen) atoms. The number of rotatable bonds is 8. The summed E-state index contributed by atoms with van der Waals surface area (Å²) in [5.74, 6) is 1.58. The van der Waals surface area contributed by atoms with E-state index < -0.39 is 0 Å². The van der Waals surface area contributed by atoms with Crippen molar-refractivity contribution in [1.29, 1.82) is 0 Å². The van der Waals surface area contributed by atoms with Crippen molar-refractivity contribution in [3.63, 3.8) is 0 Å². The van der Waals surface area contributed by atoms with Crippen LogP contribution >= 0.6 is 0 Å². The van der Waals surface area contributed by atoms with Crippen LogP contribution in [-0.4, -0.2) is 43.9 Å². The zero-order chi connectivity index (χ0) is 17.5. The van der Waals surface area contributed by atoms with E-state index in [9.17, 15) is 0 Å². The van der Waals surface area contributed by atoms with Gasteiger partial charge in [0.15, 0.2) is 0 Å². The van der Waals surface area contributed by atoms with E-state index in [4.69, 9.17) is 15.2 Å². The molecule has 1 unspecified atom stereocenters. The van der Waals surface area contributed by atoms with Crippen molar-refractivity contribution in [3.8, 4) is 22.8 Å². The first kappa shape index (κ1) is 18.2. The second-order valence-electron chi connectivity index (χ2n) is 5.97. The Morgan fingerprint density at radius 2 is 2.00 bits per heavy atom. The van der Waals surface area contributed by atoms with E-state index in [0.29, 0.717) is 6.61 Å². The fourth-order valence-electron chi connectivity index (χ4n) is 2.42. The van der Waals surface area contributed by atoms with Crippen molar-refractivity contribution in [2.45, 2.75) is 25.9 Å². The average molecular weight is 329 g/mol. The molecule has 2 aromatic rings. The number of aromatic nitrogens is 1. The van der Waals surface area contributed by atoms with Crippen LogP contribution in [0.15, 0.2) is 36.5 Å². The molecule has 5 heteroatoms. The lowest BCUT2D eigenvalue weighted by atomic mass is 10.0. The molecule has 0 radical (unpaired) electrons. The van der Waals surface area contributed by atoms with E-state index in [-0.39, 0.29) is 6.17 Å². The maximum atomic E-state index is 6.04. The summed E-state index contributed by atoms with van der Waals surface area (Å²) < 4.78 is 11.5.